The van der Waals surface area contributed by atoms with Gasteiger partial charge in [0.2, 0.25) is 11.8 Å². The molecule has 2 heterocycles. The second kappa shape index (κ2) is 5.25. The van der Waals surface area contributed by atoms with Crippen LogP contribution in [0.1, 0.15) is 24.0 Å². The first-order valence-corrected chi connectivity index (χ1v) is 6.93. The van der Waals surface area contributed by atoms with Gasteiger partial charge in [0.05, 0.1) is 12.6 Å². The van der Waals surface area contributed by atoms with E-state index < -0.39 is 0 Å². The number of piperidine rings is 1. The number of nitrogens with zero attached hydrogens (tertiary/aromatic N) is 1. The van der Waals surface area contributed by atoms with Gasteiger partial charge >= 0.3 is 0 Å². The number of likely N-dealkylation sites (tertiary alicyclic amines) is 1. The summed E-state index contributed by atoms with van der Waals surface area (Å²) in [5, 5.41) is 3.25. The van der Waals surface area contributed by atoms with E-state index in [1.54, 1.807) is 7.05 Å². The van der Waals surface area contributed by atoms with E-state index in [9.17, 15) is 9.59 Å². The second-order valence-electron chi connectivity index (χ2n) is 5.30. The van der Waals surface area contributed by atoms with E-state index in [0.29, 0.717) is 19.4 Å². The minimum atomic E-state index is -0.262. The summed E-state index contributed by atoms with van der Waals surface area (Å²) in [5.74, 6) is 0.737. The van der Waals surface area contributed by atoms with Crippen LogP contribution in [0.2, 0.25) is 0 Å². The molecule has 0 aromatic heterocycles. The molecule has 1 aromatic carbocycles. The van der Waals surface area contributed by atoms with Crippen LogP contribution in [0.5, 0.6) is 5.75 Å². The normalized spacial score (nSPS) is 21.9. The van der Waals surface area contributed by atoms with E-state index >= 15 is 0 Å². The van der Waals surface area contributed by atoms with Crippen molar-refractivity contribution in [2.24, 2.45) is 0 Å². The summed E-state index contributed by atoms with van der Waals surface area (Å²) in [4.78, 5) is 24.6. The number of ether oxygens (including phenoxy) is 1. The summed E-state index contributed by atoms with van der Waals surface area (Å²) in [6.45, 7) is 1.38. The summed E-state index contributed by atoms with van der Waals surface area (Å²) in [6, 6.07) is 5.86. The highest BCUT2D eigenvalue weighted by molar-refractivity contribution is 6.00. The Kier molecular flexibility index (Phi) is 3.44. The third-order valence-electron chi connectivity index (χ3n) is 3.96. The molecule has 106 valence electrons. The molecule has 1 aromatic rings. The first kappa shape index (κ1) is 13.1. The lowest BCUT2D eigenvalue weighted by molar-refractivity contribution is -0.148. The number of carbonyl (C=O) groups excluding carboxylic acids is 2. The summed E-state index contributed by atoms with van der Waals surface area (Å²) in [6.07, 6.45) is 1.96. The number of likely N-dealkylation sites (N-methyl/N-ethyl adjacent to an activating group) is 1. The lowest BCUT2D eigenvalue weighted by Gasteiger charge is -2.28. The Hall–Kier alpha value is -1.88. The van der Waals surface area contributed by atoms with Crippen LogP contribution >= 0.6 is 0 Å². The molecule has 5 nitrogen and oxygen atoms in total. The average molecular weight is 274 g/mol. The maximum atomic E-state index is 12.0. The lowest BCUT2D eigenvalue weighted by Crippen LogP contribution is -2.51. The predicted molar refractivity (Wildman–Crippen MR) is 73.3 cm³/mol. The van der Waals surface area contributed by atoms with Gasteiger partial charge in [0.15, 0.2) is 0 Å². The molecule has 2 aliphatic rings. The Labute approximate surface area is 117 Å². The zero-order valence-electron chi connectivity index (χ0n) is 11.5. The molecule has 1 saturated heterocycles. The molecule has 3 rings (SSSR count). The topological polar surface area (TPSA) is 58.6 Å². The van der Waals surface area contributed by atoms with E-state index in [2.05, 4.69) is 11.4 Å². The van der Waals surface area contributed by atoms with Crippen molar-refractivity contribution >= 4 is 11.8 Å². The Bertz CT molecular complexity index is 556. The van der Waals surface area contributed by atoms with Crippen LogP contribution in [0.4, 0.5) is 0 Å². The number of nitrogens with one attached hydrogen (secondary N) is 1. The van der Waals surface area contributed by atoms with Gasteiger partial charge in [-0.05, 0) is 23.6 Å². The third-order valence-corrected chi connectivity index (χ3v) is 3.96. The van der Waals surface area contributed by atoms with E-state index in [4.69, 9.17) is 4.74 Å². The van der Waals surface area contributed by atoms with Gasteiger partial charge in [-0.2, -0.15) is 0 Å². The molecule has 5 heteroatoms. The van der Waals surface area contributed by atoms with Crippen LogP contribution in [-0.2, 0) is 22.6 Å². The monoisotopic (exact) mass is 274 g/mol. The number of rotatable bonds is 3. The van der Waals surface area contributed by atoms with Gasteiger partial charge in [0.1, 0.15) is 5.75 Å². The minimum absolute atomic E-state index is 0.0947. The third kappa shape index (κ3) is 2.41. The van der Waals surface area contributed by atoms with E-state index in [1.807, 2.05) is 12.1 Å². The van der Waals surface area contributed by atoms with Crippen molar-refractivity contribution in [2.45, 2.75) is 31.8 Å². The highest BCUT2D eigenvalue weighted by atomic mass is 16.5. The molecule has 0 bridgehead atoms. The fraction of sp³-hybridized carbons (Fsp3) is 0.467. The van der Waals surface area contributed by atoms with Crippen molar-refractivity contribution in [2.75, 3.05) is 13.7 Å². The molecule has 2 aliphatic heterocycles. The SMILES string of the molecule is CN1C(=O)CCC(NCc2ccc3c(c2)CCO3)C1=O. The van der Waals surface area contributed by atoms with Crippen LogP contribution in [0.15, 0.2) is 18.2 Å². The van der Waals surface area contributed by atoms with Gasteiger partial charge in [0, 0.05) is 26.4 Å². The number of hydrogen-bond acceptors (Lipinski definition) is 4. The maximum Gasteiger partial charge on any atom is 0.246 e. The smallest absolute Gasteiger partial charge is 0.246 e. The number of amides is 2. The summed E-state index contributed by atoms with van der Waals surface area (Å²) in [5.41, 5.74) is 2.37. The first-order valence-electron chi connectivity index (χ1n) is 6.93. The van der Waals surface area contributed by atoms with Gasteiger partial charge in [0.25, 0.3) is 0 Å². The first-order chi connectivity index (χ1) is 9.65. The molecule has 0 aliphatic carbocycles. The fourth-order valence-electron chi connectivity index (χ4n) is 2.70. The number of fused-ring (bicyclic) bond motifs is 1. The van der Waals surface area contributed by atoms with E-state index in [1.165, 1.54) is 10.5 Å². The molecular formula is C15H18N2O3. The van der Waals surface area contributed by atoms with Crippen LogP contribution in [0.3, 0.4) is 0 Å². The van der Waals surface area contributed by atoms with Crippen molar-refractivity contribution in [1.82, 2.24) is 10.2 Å². The Morgan fingerprint density at radius 3 is 3.05 bits per heavy atom. The molecule has 1 atom stereocenters. The molecule has 1 unspecified atom stereocenters. The Morgan fingerprint density at radius 2 is 2.20 bits per heavy atom. The molecular weight excluding hydrogens is 256 g/mol. The molecule has 0 spiro atoms. The van der Waals surface area contributed by atoms with Crippen LogP contribution in [-0.4, -0.2) is 36.4 Å². The predicted octanol–water partition coefficient (Wildman–Crippen LogP) is 0.858. The Balaban J connectivity index is 1.62. The standard InChI is InChI=1S/C15H18N2O3/c1-17-14(18)5-3-12(15(17)19)16-9-10-2-4-13-11(8-10)6-7-20-13/h2,4,8,12,16H,3,5-7,9H2,1H3. The average Bonchev–Trinajstić information content (AvgIpc) is 2.91. The van der Waals surface area contributed by atoms with Crippen molar-refractivity contribution < 1.29 is 14.3 Å². The zero-order chi connectivity index (χ0) is 14.1. The summed E-state index contributed by atoms with van der Waals surface area (Å²) in [7, 11) is 1.55. The zero-order valence-corrected chi connectivity index (χ0v) is 11.5. The molecule has 2 amide bonds. The lowest BCUT2D eigenvalue weighted by atomic mass is 10.0. The minimum Gasteiger partial charge on any atom is -0.493 e. The number of benzene rings is 1. The van der Waals surface area contributed by atoms with Gasteiger partial charge in [-0.3, -0.25) is 14.5 Å². The van der Waals surface area contributed by atoms with Crippen molar-refractivity contribution in [3.63, 3.8) is 0 Å². The van der Waals surface area contributed by atoms with Gasteiger partial charge in [-0.1, -0.05) is 12.1 Å². The maximum absolute atomic E-state index is 12.0. The molecule has 20 heavy (non-hydrogen) atoms. The van der Waals surface area contributed by atoms with E-state index in [-0.39, 0.29) is 17.9 Å². The van der Waals surface area contributed by atoms with Crippen LogP contribution in [0.25, 0.3) is 0 Å². The largest absolute Gasteiger partial charge is 0.493 e. The highest BCUT2D eigenvalue weighted by Gasteiger charge is 2.31. The summed E-state index contributed by atoms with van der Waals surface area (Å²) < 4.78 is 5.47. The summed E-state index contributed by atoms with van der Waals surface area (Å²) >= 11 is 0. The van der Waals surface area contributed by atoms with Gasteiger partial charge < -0.3 is 10.1 Å². The number of hydrogen-bond donors (Lipinski definition) is 1. The fourth-order valence-corrected chi connectivity index (χ4v) is 2.70. The van der Waals surface area contributed by atoms with Crippen LogP contribution < -0.4 is 10.1 Å². The molecule has 0 radical (unpaired) electrons. The molecule has 1 fully saturated rings. The van der Waals surface area contributed by atoms with Gasteiger partial charge in [-0.25, -0.2) is 0 Å². The number of imide groups is 1. The number of carbonyl (C=O) groups is 2. The second-order valence-corrected chi connectivity index (χ2v) is 5.30. The van der Waals surface area contributed by atoms with Crippen molar-refractivity contribution in [3.05, 3.63) is 29.3 Å². The molecule has 1 N–H and O–H groups in total. The highest BCUT2D eigenvalue weighted by Crippen LogP contribution is 2.25. The van der Waals surface area contributed by atoms with Crippen molar-refractivity contribution in [1.29, 1.82) is 0 Å². The molecule has 0 saturated carbocycles. The van der Waals surface area contributed by atoms with E-state index in [0.717, 1.165) is 24.3 Å². The quantitative estimate of drug-likeness (QED) is 0.831. The Morgan fingerprint density at radius 1 is 1.35 bits per heavy atom. The van der Waals surface area contributed by atoms with Crippen molar-refractivity contribution in [3.8, 4) is 5.75 Å². The van der Waals surface area contributed by atoms with Gasteiger partial charge in [-0.15, -0.1) is 0 Å². The van der Waals surface area contributed by atoms with Crippen LogP contribution in [0, 0.1) is 0 Å².